The SMILES string of the molecule is CCCN(CC1CCCN1)C(=O)c1cc(C)on1. The maximum absolute atomic E-state index is 12.3. The molecule has 1 aromatic heterocycles. The fourth-order valence-electron chi connectivity index (χ4n) is 2.35. The van der Waals surface area contributed by atoms with E-state index >= 15 is 0 Å². The van der Waals surface area contributed by atoms with Crippen LogP contribution in [0.15, 0.2) is 10.6 Å². The van der Waals surface area contributed by atoms with Gasteiger partial charge in [-0.2, -0.15) is 0 Å². The van der Waals surface area contributed by atoms with Crippen molar-refractivity contribution in [2.45, 2.75) is 39.2 Å². The predicted octanol–water partition coefficient (Wildman–Crippen LogP) is 1.59. The Labute approximate surface area is 108 Å². The Balaban J connectivity index is 2.01. The van der Waals surface area contributed by atoms with Crippen molar-refractivity contribution in [2.75, 3.05) is 19.6 Å². The van der Waals surface area contributed by atoms with E-state index in [9.17, 15) is 4.79 Å². The lowest BCUT2D eigenvalue weighted by atomic mass is 10.2. The summed E-state index contributed by atoms with van der Waals surface area (Å²) in [4.78, 5) is 14.2. The van der Waals surface area contributed by atoms with Gasteiger partial charge in [0.05, 0.1) is 0 Å². The van der Waals surface area contributed by atoms with Gasteiger partial charge in [0.15, 0.2) is 5.69 Å². The van der Waals surface area contributed by atoms with Crippen LogP contribution < -0.4 is 5.32 Å². The molecule has 1 unspecified atom stereocenters. The van der Waals surface area contributed by atoms with Crippen molar-refractivity contribution in [1.82, 2.24) is 15.4 Å². The molecule has 1 fully saturated rings. The van der Waals surface area contributed by atoms with E-state index in [0.717, 1.165) is 32.5 Å². The Morgan fingerprint density at radius 1 is 1.67 bits per heavy atom. The zero-order valence-electron chi connectivity index (χ0n) is 11.1. The van der Waals surface area contributed by atoms with Crippen molar-refractivity contribution < 1.29 is 9.32 Å². The van der Waals surface area contributed by atoms with E-state index in [2.05, 4.69) is 17.4 Å². The maximum Gasteiger partial charge on any atom is 0.276 e. The van der Waals surface area contributed by atoms with Gasteiger partial charge in [0.25, 0.3) is 5.91 Å². The van der Waals surface area contributed by atoms with Crippen LogP contribution in [-0.2, 0) is 0 Å². The number of nitrogens with zero attached hydrogens (tertiary/aromatic N) is 2. The van der Waals surface area contributed by atoms with Crippen molar-refractivity contribution in [2.24, 2.45) is 0 Å². The first-order chi connectivity index (χ1) is 8.70. The van der Waals surface area contributed by atoms with Gasteiger partial charge in [0.1, 0.15) is 5.76 Å². The summed E-state index contributed by atoms with van der Waals surface area (Å²) in [6.45, 7) is 6.46. The number of aryl methyl sites for hydroxylation is 1. The molecule has 1 aliphatic heterocycles. The van der Waals surface area contributed by atoms with Gasteiger partial charge in [-0.15, -0.1) is 0 Å². The molecule has 0 radical (unpaired) electrons. The monoisotopic (exact) mass is 251 g/mol. The third-order valence-corrected chi connectivity index (χ3v) is 3.23. The van der Waals surface area contributed by atoms with Crippen molar-refractivity contribution in [3.05, 3.63) is 17.5 Å². The fraction of sp³-hybridized carbons (Fsp3) is 0.692. The molecular formula is C13H21N3O2. The lowest BCUT2D eigenvalue weighted by molar-refractivity contribution is 0.0731. The number of amides is 1. The Morgan fingerprint density at radius 3 is 3.06 bits per heavy atom. The second-order valence-electron chi connectivity index (χ2n) is 4.87. The molecule has 0 aromatic carbocycles. The molecule has 0 spiro atoms. The van der Waals surface area contributed by atoms with Gasteiger partial charge in [-0.05, 0) is 32.7 Å². The standard InChI is InChI=1S/C13H21N3O2/c1-3-7-16(9-11-5-4-6-14-11)13(17)12-8-10(2)18-15-12/h8,11,14H,3-7,9H2,1-2H3. The molecule has 1 saturated heterocycles. The summed E-state index contributed by atoms with van der Waals surface area (Å²) in [6.07, 6.45) is 3.29. The Kier molecular flexibility index (Phi) is 4.36. The molecule has 1 aromatic rings. The van der Waals surface area contributed by atoms with Gasteiger partial charge in [-0.1, -0.05) is 12.1 Å². The summed E-state index contributed by atoms with van der Waals surface area (Å²) >= 11 is 0. The van der Waals surface area contributed by atoms with Crippen LogP contribution in [0, 0.1) is 6.92 Å². The number of hydrogen-bond donors (Lipinski definition) is 1. The minimum absolute atomic E-state index is 0.0256. The first-order valence-electron chi connectivity index (χ1n) is 6.66. The second kappa shape index (κ2) is 6.00. The number of carbonyl (C=O) groups excluding carboxylic acids is 1. The minimum atomic E-state index is -0.0256. The largest absolute Gasteiger partial charge is 0.361 e. The summed E-state index contributed by atoms with van der Waals surface area (Å²) in [5.41, 5.74) is 0.416. The van der Waals surface area contributed by atoms with Gasteiger partial charge < -0.3 is 14.7 Å². The highest BCUT2D eigenvalue weighted by atomic mass is 16.5. The van der Waals surface area contributed by atoms with Gasteiger partial charge in [0.2, 0.25) is 0 Å². The average Bonchev–Trinajstić information content (AvgIpc) is 2.99. The van der Waals surface area contributed by atoms with Crippen LogP contribution in [0.5, 0.6) is 0 Å². The van der Waals surface area contributed by atoms with Gasteiger partial charge >= 0.3 is 0 Å². The first-order valence-corrected chi connectivity index (χ1v) is 6.66. The zero-order chi connectivity index (χ0) is 13.0. The van der Waals surface area contributed by atoms with Gasteiger partial charge in [-0.3, -0.25) is 4.79 Å². The number of hydrogen-bond acceptors (Lipinski definition) is 4. The molecule has 1 aliphatic rings. The molecule has 2 rings (SSSR count). The first kappa shape index (κ1) is 13.1. The quantitative estimate of drug-likeness (QED) is 0.863. The zero-order valence-corrected chi connectivity index (χ0v) is 11.1. The van der Waals surface area contributed by atoms with E-state index < -0.39 is 0 Å². The maximum atomic E-state index is 12.3. The number of nitrogens with one attached hydrogen (secondary N) is 1. The molecule has 1 amide bonds. The highest BCUT2D eigenvalue weighted by Crippen LogP contribution is 2.11. The molecular weight excluding hydrogens is 230 g/mol. The summed E-state index contributed by atoms with van der Waals surface area (Å²) in [5.74, 6) is 0.649. The molecule has 100 valence electrons. The highest BCUT2D eigenvalue weighted by Gasteiger charge is 2.23. The summed E-state index contributed by atoms with van der Waals surface area (Å²) in [7, 11) is 0. The van der Waals surface area contributed by atoms with Crippen LogP contribution in [0.2, 0.25) is 0 Å². The molecule has 0 bridgehead atoms. The van der Waals surface area contributed by atoms with Crippen molar-refractivity contribution in [3.8, 4) is 0 Å². The minimum Gasteiger partial charge on any atom is -0.361 e. The third-order valence-electron chi connectivity index (χ3n) is 3.23. The molecule has 1 atom stereocenters. The normalized spacial score (nSPS) is 19.1. The molecule has 5 heteroatoms. The topological polar surface area (TPSA) is 58.4 Å². The van der Waals surface area contributed by atoms with Gasteiger partial charge in [-0.25, -0.2) is 0 Å². The van der Waals surface area contributed by atoms with Crippen LogP contribution in [-0.4, -0.2) is 41.6 Å². The molecule has 0 saturated carbocycles. The smallest absolute Gasteiger partial charge is 0.276 e. The predicted molar refractivity (Wildman–Crippen MR) is 68.5 cm³/mol. The molecule has 2 heterocycles. The Hall–Kier alpha value is -1.36. The van der Waals surface area contributed by atoms with E-state index in [1.807, 2.05) is 4.90 Å². The summed E-state index contributed by atoms with van der Waals surface area (Å²) in [6, 6.07) is 2.13. The summed E-state index contributed by atoms with van der Waals surface area (Å²) < 4.78 is 4.97. The van der Waals surface area contributed by atoms with Crippen LogP contribution >= 0.6 is 0 Å². The van der Waals surface area contributed by atoms with Crippen LogP contribution in [0.3, 0.4) is 0 Å². The fourth-order valence-corrected chi connectivity index (χ4v) is 2.35. The second-order valence-corrected chi connectivity index (χ2v) is 4.87. The third kappa shape index (κ3) is 3.10. The van der Waals surface area contributed by atoms with E-state index in [1.54, 1.807) is 13.0 Å². The Morgan fingerprint density at radius 2 is 2.50 bits per heavy atom. The van der Waals surface area contributed by atoms with Crippen molar-refractivity contribution >= 4 is 5.91 Å². The summed E-state index contributed by atoms with van der Waals surface area (Å²) in [5, 5.41) is 7.23. The van der Waals surface area contributed by atoms with Gasteiger partial charge in [0, 0.05) is 25.2 Å². The molecule has 1 N–H and O–H groups in total. The Bertz CT molecular complexity index is 397. The van der Waals surface area contributed by atoms with E-state index in [-0.39, 0.29) is 5.91 Å². The van der Waals surface area contributed by atoms with Crippen molar-refractivity contribution in [1.29, 1.82) is 0 Å². The van der Waals surface area contributed by atoms with Crippen molar-refractivity contribution in [3.63, 3.8) is 0 Å². The van der Waals surface area contributed by atoms with Crippen LogP contribution in [0.1, 0.15) is 42.4 Å². The van der Waals surface area contributed by atoms with E-state index in [0.29, 0.717) is 17.5 Å². The number of aromatic nitrogens is 1. The highest BCUT2D eigenvalue weighted by molar-refractivity contribution is 5.92. The number of carbonyl (C=O) groups is 1. The van der Waals surface area contributed by atoms with Crippen LogP contribution in [0.25, 0.3) is 0 Å². The average molecular weight is 251 g/mol. The molecule has 0 aliphatic carbocycles. The molecule has 5 nitrogen and oxygen atoms in total. The lowest BCUT2D eigenvalue weighted by Crippen LogP contribution is -2.41. The lowest BCUT2D eigenvalue weighted by Gasteiger charge is -2.24. The van der Waals surface area contributed by atoms with E-state index in [1.165, 1.54) is 6.42 Å². The number of rotatable bonds is 5. The van der Waals surface area contributed by atoms with Crippen LogP contribution in [0.4, 0.5) is 0 Å². The van der Waals surface area contributed by atoms with E-state index in [4.69, 9.17) is 4.52 Å². The molecule has 18 heavy (non-hydrogen) atoms.